The van der Waals surface area contributed by atoms with Crippen molar-refractivity contribution in [1.82, 2.24) is 0 Å². The Kier molecular flexibility index (Phi) is 28.0. The van der Waals surface area contributed by atoms with E-state index in [-0.39, 0.29) is 37.7 Å². The molecule has 306 valence electrons. The van der Waals surface area contributed by atoms with E-state index < -0.39 is 26.5 Å². The summed E-state index contributed by atoms with van der Waals surface area (Å²) in [7, 11) is 1.44. The number of phosphoric ester groups is 1. The van der Waals surface area contributed by atoms with Crippen molar-refractivity contribution in [2.75, 3.05) is 47.5 Å². The standard InChI is InChI=1S/C40H78N3O8P/c1-6-8-10-12-14-16-17-18-19-20-21-23-25-29-38(44)48-35-37(36-50-52(46,47)49-34-33-43(3,4)5)51-39(45)30-26-28-32-40(41-42-40)31-27-24-22-15-13-11-9-7-2/h37H,6-36H2,1-5H3/p+1. The molecular weight excluding hydrogens is 681 g/mol. The molecule has 0 aliphatic carbocycles. The number of esters is 2. The Morgan fingerprint density at radius 3 is 1.52 bits per heavy atom. The van der Waals surface area contributed by atoms with Gasteiger partial charge in [0.1, 0.15) is 19.8 Å². The maximum atomic E-state index is 12.8. The summed E-state index contributed by atoms with van der Waals surface area (Å²) in [6.45, 7) is 4.34. The van der Waals surface area contributed by atoms with Crippen molar-refractivity contribution in [2.45, 2.75) is 199 Å². The second-order valence-corrected chi connectivity index (χ2v) is 17.5. The van der Waals surface area contributed by atoms with E-state index in [2.05, 4.69) is 24.1 Å². The molecule has 1 rings (SSSR count). The molecule has 1 N–H and O–H groups in total. The number of hydrogen-bond donors (Lipinski definition) is 1. The van der Waals surface area contributed by atoms with E-state index >= 15 is 0 Å². The van der Waals surface area contributed by atoms with Gasteiger partial charge in [-0.1, -0.05) is 136 Å². The summed E-state index contributed by atoms with van der Waals surface area (Å²) in [4.78, 5) is 35.4. The molecule has 0 saturated carbocycles. The first kappa shape index (κ1) is 48.6. The molecule has 0 fully saturated rings. The van der Waals surface area contributed by atoms with Crippen molar-refractivity contribution in [3.63, 3.8) is 0 Å². The molecule has 0 spiro atoms. The van der Waals surface area contributed by atoms with Crippen LogP contribution in [0, 0.1) is 0 Å². The summed E-state index contributed by atoms with van der Waals surface area (Å²) in [5.41, 5.74) is -0.266. The van der Waals surface area contributed by atoms with Crippen molar-refractivity contribution < 1.29 is 42.1 Å². The van der Waals surface area contributed by atoms with E-state index in [4.69, 9.17) is 18.5 Å². The van der Waals surface area contributed by atoms with Crippen LogP contribution in [0.15, 0.2) is 10.2 Å². The first-order valence-electron chi connectivity index (χ1n) is 21.1. The van der Waals surface area contributed by atoms with Crippen molar-refractivity contribution in [2.24, 2.45) is 10.2 Å². The summed E-state index contributed by atoms with van der Waals surface area (Å²) >= 11 is 0. The Bertz CT molecular complexity index is 984. The second kappa shape index (κ2) is 29.9. The van der Waals surface area contributed by atoms with Gasteiger partial charge in [-0.3, -0.25) is 18.6 Å². The van der Waals surface area contributed by atoms with Gasteiger partial charge in [0.25, 0.3) is 0 Å². The van der Waals surface area contributed by atoms with Crippen LogP contribution in [0.3, 0.4) is 0 Å². The Morgan fingerprint density at radius 2 is 1.04 bits per heavy atom. The Morgan fingerprint density at radius 1 is 0.615 bits per heavy atom. The molecule has 1 aliphatic heterocycles. The van der Waals surface area contributed by atoms with Gasteiger partial charge in [0.15, 0.2) is 11.8 Å². The van der Waals surface area contributed by atoms with E-state index in [9.17, 15) is 19.0 Å². The predicted molar refractivity (Wildman–Crippen MR) is 209 cm³/mol. The highest BCUT2D eigenvalue weighted by molar-refractivity contribution is 7.47. The number of carbonyl (C=O) groups is 2. The average molecular weight is 761 g/mol. The average Bonchev–Trinajstić information content (AvgIpc) is 3.86. The molecule has 0 amide bonds. The van der Waals surface area contributed by atoms with E-state index in [0.717, 1.165) is 44.9 Å². The lowest BCUT2D eigenvalue weighted by atomic mass is 9.98. The maximum absolute atomic E-state index is 12.8. The number of rotatable bonds is 38. The zero-order chi connectivity index (χ0) is 38.4. The topological polar surface area (TPSA) is 133 Å². The van der Waals surface area contributed by atoms with Crippen LogP contribution in [0.5, 0.6) is 0 Å². The highest BCUT2D eigenvalue weighted by Gasteiger charge is 2.38. The maximum Gasteiger partial charge on any atom is 0.472 e. The Labute approximate surface area is 318 Å². The summed E-state index contributed by atoms with van der Waals surface area (Å²) < 4.78 is 34.3. The molecule has 0 aromatic heterocycles. The molecular formula is C40H79N3O8P+. The van der Waals surface area contributed by atoms with Crippen LogP contribution < -0.4 is 0 Å². The van der Waals surface area contributed by atoms with Gasteiger partial charge >= 0.3 is 19.8 Å². The highest BCUT2D eigenvalue weighted by atomic mass is 31.2. The van der Waals surface area contributed by atoms with Crippen LogP contribution in [0.4, 0.5) is 0 Å². The van der Waals surface area contributed by atoms with Gasteiger partial charge < -0.3 is 18.9 Å². The highest BCUT2D eigenvalue weighted by Crippen LogP contribution is 2.43. The van der Waals surface area contributed by atoms with Crippen LogP contribution >= 0.6 is 7.82 Å². The molecule has 2 atom stereocenters. The third-order valence-electron chi connectivity index (χ3n) is 9.67. The molecule has 0 aromatic rings. The number of hydrogen-bond acceptors (Lipinski definition) is 9. The van der Waals surface area contributed by atoms with Gasteiger partial charge in [0, 0.05) is 12.8 Å². The number of quaternary nitrogens is 1. The minimum Gasteiger partial charge on any atom is -0.462 e. The third-order valence-corrected chi connectivity index (χ3v) is 10.7. The van der Waals surface area contributed by atoms with E-state index in [1.807, 2.05) is 21.1 Å². The van der Waals surface area contributed by atoms with Crippen LogP contribution in [0.1, 0.15) is 187 Å². The number of unbranched alkanes of at least 4 members (excludes halogenated alkanes) is 20. The molecule has 11 nitrogen and oxygen atoms in total. The number of likely N-dealkylation sites (N-methyl/N-ethyl adjacent to an activating group) is 1. The summed E-state index contributed by atoms with van der Waals surface area (Å²) in [6, 6.07) is 0. The van der Waals surface area contributed by atoms with Gasteiger partial charge in [-0.15, -0.1) is 0 Å². The Hall–Kier alpha value is -1.39. The van der Waals surface area contributed by atoms with Crippen molar-refractivity contribution >= 4 is 19.8 Å². The number of phosphoric acid groups is 1. The van der Waals surface area contributed by atoms with Crippen LogP contribution in [0.2, 0.25) is 0 Å². The molecule has 0 radical (unpaired) electrons. The van der Waals surface area contributed by atoms with E-state index in [0.29, 0.717) is 17.4 Å². The monoisotopic (exact) mass is 761 g/mol. The van der Waals surface area contributed by atoms with Gasteiger partial charge in [-0.25, -0.2) is 4.57 Å². The molecule has 52 heavy (non-hydrogen) atoms. The van der Waals surface area contributed by atoms with Gasteiger partial charge in [-0.05, 0) is 38.5 Å². The van der Waals surface area contributed by atoms with Crippen molar-refractivity contribution in [3.05, 3.63) is 0 Å². The zero-order valence-corrected chi connectivity index (χ0v) is 35.0. The molecule has 0 bridgehead atoms. The van der Waals surface area contributed by atoms with Crippen LogP contribution in [-0.4, -0.2) is 80.6 Å². The number of carbonyl (C=O) groups excluding carboxylic acids is 2. The normalized spacial score (nSPS) is 15.3. The quantitative estimate of drug-likeness (QED) is 0.0285. The van der Waals surface area contributed by atoms with Gasteiger partial charge in [0.05, 0.1) is 27.7 Å². The van der Waals surface area contributed by atoms with Crippen molar-refractivity contribution in [3.8, 4) is 0 Å². The first-order valence-corrected chi connectivity index (χ1v) is 22.6. The van der Waals surface area contributed by atoms with Gasteiger partial charge in [-0.2, -0.15) is 10.2 Å². The van der Waals surface area contributed by atoms with E-state index in [1.165, 1.54) is 109 Å². The summed E-state index contributed by atoms with van der Waals surface area (Å²) in [5, 5.41) is 8.64. The third kappa shape index (κ3) is 30.0. The lowest BCUT2D eigenvalue weighted by Gasteiger charge is -2.24. The summed E-state index contributed by atoms with van der Waals surface area (Å²) in [5.74, 6) is -0.851. The minimum atomic E-state index is -4.39. The lowest BCUT2D eigenvalue weighted by molar-refractivity contribution is -0.870. The molecule has 12 heteroatoms. The molecule has 2 unspecified atom stereocenters. The molecule has 0 saturated heterocycles. The van der Waals surface area contributed by atoms with E-state index in [1.54, 1.807) is 0 Å². The molecule has 1 aliphatic rings. The predicted octanol–water partition coefficient (Wildman–Crippen LogP) is 11.0. The molecule has 0 aromatic carbocycles. The van der Waals surface area contributed by atoms with Crippen LogP contribution in [-0.2, 0) is 32.7 Å². The van der Waals surface area contributed by atoms with Crippen molar-refractivity contribution in [1.29, 1.82) is 0 Å². The fourth-order valence-corrected chi connectivity index (χ4v) is 6.91. The lowest BCUT2D eigenvalue weighted by Crippen LogP contribution is -2.37. The van der Waals surface area contributed by atoms with Crippen LogP contribution in [0.25, 0.3) is 0 Å². The fraction of sp³-hybridized carbons (Fsp3) is 0.950. The molecule has 1 heterocycles. The number of nitrogens with zero attached hydrogens (tertiary/aromatic N) is 3. The first-order chi connectivity index (χ1) is 24.9. The number of ether oxygens (including phenoxy) is 2. The van der Waals surface area contributed by atoms with Gasteiger partial charge in [0.2, 0.25) is 0 Å². The zero-order valence-electron chi connectivity index (χ0n) is 34.1. The second-order valence-electron chi connectivity index (χ2n) is 16.0. The minimum absolute atomic E-state index is 0.0228. The smallest absolute Gasteiger partial charge is 0.462 e. The Balaban J connectivity index is 2.36. The summed E-state index contributed by atoms with van der Waals surface area (Å²) in [6.07, 6.45) is 28.7. The SMILES string of the molecule is CCCCCCCCCCCCCCCC(=O)OCC(COP(=O)(O)OCC[N+](C)(C)C)OC(=O)CCCCC1(CCCCCCCCCC)N=N1. The largest absolute Gasteiger partial charge is 0.472 e. The fourth-order valence-electron chi connectivity index (χ4n) is 6.17.